The Kier molecular flexibility index (Phi) is 4.15. The maximum absolute atomic E-state index is 12.4. The molecule has 0 saturated carbocycles. The highest BCUT2D eigenvalue weighted by molar-refractivity contribution is 7.07. The number of piperidine rings is 1. The largest absolute Gasteiger partial charge is 0.355 e. The SMILES string of the molecule is CN(C(=O)c1cscn1)[C@@H]1CCCN(c2ccccn2)C1. The molecule has 0 spiro atoms. The van der Waals surface area contributed by atoms with Gasteiger partial charge < -0.3 is 9.80 Å². The van der Waals surface area contributed by atoms with Crippen LogP contribution in [0.5, 0.6) is 0 Å². The number of rotatable bonds is 3. The van der Waals surface area contributed by atoms with Crippen molar-refractivity contribution in [2.45, 2.75) is 18.9 Å². The van der Waals surface area contributed by atoms with E-state index in [1.165, 1.54) is 11.3 Å². The Morgan fingerprint density at radius 3 is 3.05 bits per heavy atom. The Hall–Kier alpha value is -1.95. The van der Waals surface area contributed by atoms with Crippen molar-refractivity contribution < 1.29 is 4.79 Å². The standard InChI is InChI=1S/C15H18N4OS/c1-18(15(20)13-10-21-11-17-13)12-5-4-8-19(9-12)14-6-2-3-7-16-14/h2-3,6-7,10-12H,4-5,8-9H2,1H3/t12-/m1/s1. The number of pyridine rings is 1. The van der Waals surface area contributed by atoms with Crippen LogP contribution in [0.15, 0.2) is 35.3 Å². The van der Waals surface area contributed by atoms with Crippen LogP contribution in [0.25, 0.3) is 0 Å². The average Bonchev–Trinajstić information content (AvgIpc) is 3.09. The number of hydrogen-bond donors (Lipinski definition) is 0. The van der Waals surface area contributed by atoms with Crippen LogP contribution in [0.4, 0.5) is 5.82 Å². The minimum absolute atomic E-state index is 0.00382. The summed E-state index contributed by atoms with van der Waals surface area (Å²) in [6, 6.07) is 6.14. The molecule has 21 heavy (non-hydrogen) atoms. The second-order valence-corrected chi connectivity index (χ2v) is 5.94. The summed E-state index contributed by atoms with van der Waals surface area (Å²) in [5.41, 5.74) is 2.24. The molecule has 2 aromatic rings. The third kappa shape index (κ3) is 3.05. The van der Waals surface area contributed by atoms with Crippen LogP contribution < -0.4 is 4.90 Å². The molecule has 5 nitrogen and oxygen atoms in total. The first-order valence-electron chi connectivity index (χ1n) is 7.07. The summed E-state index contributed by atoms with van der Waals surface area (Å²) in [7, 11) is 1.87. The van der Waals surface area contributed by atoms with Gasteiger partial charge in [-0.3, -0.25) is 4.79 Å². The van der Waals surface area contributed by atoms with E-state index in [0.717, 1.165) is 31.7 Å². The maximum atomic E-state index is 12.4. The van der Waals surface area contributed by atoms with Crippen molar-refractivity contribution >= 4 is 23.1 Å². The minimum Gasteiger partial charge on any atom is -0.355 e. The number of hydrogen-bond acceptors (Lipinski definition) is 5. The van der Waals surface area contributed by atoms with Gasteiger partial charge in [-0.1, -0.05) is 6.07 Å². The highest BCUT2D eigenvalue weighted by atomic mass is 32.1. The summed E-state index contributed by atoms with van der Waals surface area (Å²) >= 11 is 1.45. The van der Waals surface area contributed by atoms with E-state index >= 15 is 0 Å². The lowest BCUT2D eigenvalue weighted by Crippen LogP contribution is -2.49. The Morgan fingerprint density at radius 2 is 2.33 bits per heavy atom. The van der Waals surface area contributed by atoms with Crippen LogP contribution in [0.2, 0.25) is 0 Å². The number of nitrogens with zero attached hydrogens (tertiary/aromatic N) is 4. The molecular formula is C15H18N4OS. The lowest BCUT2D eigenvalue weighted by atomic mass is 10.0. The first-order chi connectivity index (χ1) is 10.3. The predicted octanol–water partition coefficient (Wildman–Crippen LogP) is 2.28. The number of amides is 1. The summed E-state index contributed by atoms with van der Waals surface area (Å²) < 4.78 is 0. The molecule has 110 valence electrons. The van der Waals surface area contributed by atoms with Crippen molar-refractivity contribution in [3.05, 3.63) is 41.0 Å². The molecule has 0 N–H and O–H groups in total. The van der Waals surface area contributed by atoms with E-state index in [1.54, 1.807) is 10.9 Å². The van der Waals surface area contributed by atoms with Crippen LogP contribution in [0.3, 0.4) is 0 Å². The van der Waals surface area contributed by atoms with Crippen LogP contribution in [-0.2, 0) is 0 Å². The molecule has 1 saturated heterocycles. The van der Waals surface area contributed by atoms with Gasteiger partial charge in [-0.25, -0.2) is 9.97 Å². The number of carbonyl (C=O) groups excluding carboxylic acids is 1. The first kappa shape index (κ1) is 14.0. The van der Waals surface area contributed by atoms with Crippen molar-refractivity contribution in [3.63, 3.8) is 0 Å². The molecule has 6 heteroatoms. The normalized spacial score (nSPS) is 18.5. The van der Waals surface area contributed by atoms with E-state index in [4.69, 9.17) is 0 Å². The number of likely N-dealkylation sites (N-methyl/N-ethyl adjacent to an activating group) is 1. The van der Waals surface area contributed by atoms with E-state index < -0.39 is 0 Å². The molecule has 3 heterocycles. The van der Waals surface area contributed by atoms with Gasteiger partial charge >= 0.3 is 0 Å². The third-order valence-corrected chi connectivity index (χ3v) is 4.48. The Balaban J connectivity index is 1.70. The van der Waals surface area contributed by atoms with E-state index in [2.05, 4.69) is 14.9 Å². The molecule has 1 aliphatic rings. The van der Waals surface area contributed by atoms with Crippen LogP contribution in [0, 0.1) is 0 Å². The van der Waals surface area contributed by atoms with Gasteiger partial charge in [0.1, 0.15) is 11.5 Å². The molecule has 0 radical (unpaired) electrons. The third-order valence-electron chi connectivity index (χ3n) is 3.89. The van der Waals surface area contributed by atoms with Gasteiger partial charge in [0.05, 0.1) is 5.51 Å². The second-order valence-electron chi connectivity index (χ2n) is 5.22. The highest BCUT2D eigenvalue weighted by Gasteiger charge is 2.27. The Bertz CT molecular complexity index is 587. The molecule has 1 fully saturated rings. The van der Waals surface area contributed by atoms with E-state index in [0.29, 0.717) is 5.69 Å². The fourth-order valence-corrected chi connectivity index (χ4v) is 3.21. The van der Waals surface area contributed by atoms with Gasteiger partial charge in [0.25, 0.3) is 5.91 Å². The summed E-state index contributed by atoms with van der Waals surface area (Å²) in [4.78, 5) is 25.0. The molecule has 1 aliphatic heterocycles. The number of anilines is 1. The zero-order valence-electron chi connectivity index (χ0n) is 12.0. The average molecular weight is 302 g/mol. The van der Waals surface area contributed by atoms with Crippen LogP contribution in [0.1, 0.15) is 23.3 Å². The van der Waals surface area contributed by atoms with Crippen molar-refractivity contribution in [1.29, 1.82) is 0 Å². The molecule has 0 aromatic carbocycles. The van der Waals surface area contributed by atoms with Crippen molar-refractivity contribution in [1.82, 2.24) is 14.9 Å². The molecule has 2 aromatic heterocycles. The molecule has 3 rings (SSSR count). The van der Waals surface area contributed by atoms with E-state index in [1.807, 2.05) is 36.3 Å². The molecule has 0 aliphatic carbocycles. The number of carbonyl (C=O) groups is 1. The topological polar surface area (TPSA) is 49.3 Å². The summed E-state index contributed by atoms with van der Waals surface area (Å²) in [5.74, 6) is 0.987. The first-order valence-corrected chi connectivity index (χ1v) is 8.01. The minimum atomic E-state index is 0.00382. The fraction of sp³-hybridized carbons (Fsp3) is 0.400. The fourth-order valence-electron chi connectivity index (χ4n) is 2.68. The summed E-state index contributed by atoms with van der Waals surface area (Å²) in [6.07, 6.45) is 3.90. The van der Waals surface area contributed by atoms with Crippen molar-refractivity contribution in [3.8, 4) is 0 Å². The van der Waals surface area contributed by atoms with Crippen molar-refractivity contribution in [2.75, 3.05) is 25.0 Å². The lowest BCUT2D eigenvalue weighted by Gasteiger charge is -2.38. The molecule has 0 bridgehead atoms. The molecule has 1 atom stereocenters. The van der Waals surface area contributed by atoms with Crippen LogP contribution in [-0.4, -0.2) is 47.0 Å². The van der Waals surface area contributed by atoms with Gasteiger partial charge in [-0.05, 0) is 25.0 Å². The number of aromatic nitrogens is 2. The van der Waals surface area contributed by atoms with Gasteiger partial charge in [-0.15, -0.1) is 11.3 Å². The second kappa shape index (κ2) is 6.22. The van der Waals surface area contributed by atoms with Gasteiger partial charge in [0.2, 0.25) is 0 Å². The van der Waals surface area contributed by atoms with Crippen LogP contribution >= 0.6 is 11.3 Å². The van der Waals surface area contributed by atoms with E-state index in [-0.39, 0.29) is 11.9 Å². The molecular weight excluding hydrogens is 284 g/mol. The van der Waals surface area contributed by atoms with Gasteiger partial charge in [0, 0.05) is 37.8 Å². The Morgan fingerprint density at radius 1 is 1.43 bits per heavy atom. The molecule has 1 amide bonds. The summed E-state index contributed by atoms with van der Waals surface area (Å²) in [6.45, 7) is 1.82. The Labute approximate surface area is 128 Å². The predicted molar refractivity (Wildman–Crippen MR) is 83.7 cm³/mol. The lowest BCUT2D eigenvalue weighted by molar-refractivity contribution is 0.0712. The van der Waals surface area contributed by atoms with Gasteiger partial charge in [0.15, 0.2) is 0 Å². The quantitative estimate of drug-likeness (QED) is 0.873. The molecule has 0 unspecified atom stereocenters. The zero-order valence-corrected chi connectivity index (χ0v) is 12.8. The summed E-state index contributed by atoms with van der Waals surface area (Å²) in [5, 5.41) is 1.80. The number of thiazole rings is 1. The monoisotopic (exact) mass is 302 g/mol. The van der Waals surface area contributed by atoms with Gasteiger partial charge in [-0.2, -0.15) is 0 Å². The zero-order chi connectivity index (χ0) is 14.7. The smallest absolute Gasteiger partial charge is 0.273 e. The van der Waals surface area contributed by atoms with E-state index in [9.17, 15) is 4.79 Å². The highest BCUT2D eigenvalue weighted by Crippen LogP contribution is 2.21. The van der Waals surface area contributed by atoms with Crippen molar-refractivity contribution in [2.24, 2.45) is 0 Å². The maximum Gasteiger partial charge on any atom is 0.273 e.